The lowest BCUT2D eigenvalue weighted by Crippen LogP contribution is -2.44. The molecule has 3 amide bonds. The lowest BCUT2D eigenvalue weighted by atomic mass is 9.89. The number of fused-ring (bicyclic) bond motifs is 4. The number of carbonyl (C=O) groups excluding carboxylic acids is 3. The van der Waals surface area contributed by atoms with Gasteiger partial charge in [-0.3, -0.25) is 9.69 Å². The molecule has 0 unspecified atom stereocenters. The molecule has 1 aromatic heterocycles. The number of esters is 1. The molecule has 6 rings (SSSR count). The Morgan fingerprint density at radius 2 is 1.73 bits per heavy atom. The normalized spacial score (nSPS) is 18.6. The summed E-state index contributed by atoms with van der Waals surface area (Å²) in [5.74, 6) is -0.0288. The highest BCUT2D eigenvalue weighted by molar-refractivity contribution is 6.22. The molecule has 2 aliphatic heterocycles. The number of methoxy groups -OCH3 is 1. The van der Waals surface area contributed by atoms with Gasteiger partial charge in [0.25, 0.3) is 5.91 Å². The summed E-state index contributed by atoms with van der Waals surface area (Å²) >= 11 is 0. The number of nitrogens with one attached hydrogen (secondary N) is 1. The molecule has 0 bridgehead atoms. The maximum absolute atomic E-state index is 13.9. The number of nitrogens with zero attached hydrogens (tertiary/aromatic N) is 2. The highest BCUT2D eigenvalue weighted by atomic mass is 16.5. The fraction of sp³-hybridized carbons (Fsp3) is 0.207. The van der Waals surface area contributed by atoms with Crippen LogP contribution >= 0.6 is 0 Å². The number of H-pyrrole nitrogens is 1. The van der Waals surface area contributed by atoms with Gasteiger partial charge in [0, 0.05) is 23.0 Å². The third-order valence-electron chi connectivity index (χ3n) is 7.12. The van der Waals surface area contributed by atoms with E-state index in [0.717, 1.165) is 27.7 Å². The summed E-state index contributed by atoms with van der Waals surface area (Å²) < 4.78 is 10.4. The molecule has 1 fully saturated rings. The number of urea groups is 1. The van der Waals surface area contributed by atoms with E-state index in [1.54, 1.807) is 43.2 Å². The van der Waals surface area contributed by atoms with Crippen molar-refractivity contribution >= 4 is 34.5 Å². The van der Waals surface area contributed by atoms with Crippen LogP contribution in [-0.4, -0.2) is 47.6 Å². The smallest absolute Gasteiger partial charge is 0.338 e. The fourth-order valence-electron chi connectivity index (χ4n) is 5.41. The van der Waals surface area contributed by atoms with Crippen LogP contribution in [0.5, 0.6) is 5.75 Å². The summed E-state index contributed by atoms with van der Waals surface area (Å²) in [6, 6.07) is 20.4. The molecule has 8 nitrogen and oxygen atoms in total. The second kappa shape index (κ2) is 8.81. The Hall–Kier alpha value is -4.59. The van der Waals surface area contributed by atoms with Crippen molar-refractivity contribution in [3.8, 4) is 5.75 Å². The molecular formula is C29H25N3O5. The van der Waals surface area contributed by atoms with Crippen LogP contribution in [0.2, 0.25) is 0 Å². The number of aromatic nitrogens is 1. The Morgan fingerprint density at radius 1 is 1.00 bits per heavy atom. The van der Waals surface area contributed by atoms with Gasteiger partial charge in [0.1, 0.15) is 17.8 Å². The second-order valence-electron chi connectivity index (χ2n) is 9.09. The monoisotopic (exact) mass is 495 g/mol. The van der Waals surface area contributed by atoms with Gasteiger partial charge in [-0.25, -0.2) is 14.5 Å². The van der Waals surface area contributed by atoms with Gasteiger partial charge in [-0.05, 0) is 60.5 Å². The summed E-state index contributed by atoms with van der Waals surface area (Å²) in [6.45, 7) is 2.00. The molecule has 2 atom stereocenters. The van der Waals surface area contributed by atoms with Crippen LogP contribution in [0.1, 0.15) is 40.1 Å². The Balaban J connectivity index is 1.44. The van der Waals surface area contributed by atoms with Crippen molar-refractivity contribution in [2.45, 2.75) is 25.4 Å². The molecule has 1 saturated heterocycles. The van der Waals surface area contributed by atoms with Gasteiger partial charge < -0.3 is 14.5 Å². The number of ether oxygens (including phenoxy) is 2. The maximum Gasteiger partial charge on any atom is 0.338 e. The molecule has 186 valence electrons. The molecule has 0 spiro atoms. The minimum atomic E-state index is -0.656. The first kappa shape index (κ1) is 22.8. The molecule has 3 heterocycles. The first-order valence-electron chi connectivity index (χ1n) is 12.2. The molecular weight excluding hydrogens is 470 g/mol. The van der Waals surface area contributed by atoms with Gasteiger partial charge in [0.15, 0.2) is 0 Å². The average Bonchev–Trinajstić information content (AvgIpc) is 3.42. The number of carbonyl (C=O) groups is 3. The van der Waals surface area contributed by atoms with E-state index in [2.05, 4.69) is 4.98 Å². The van der Waals surface area contributed by atoms with Crippen molar-refractivity contribution in [3.05, 3.63) is 95.2 Å². The Labute approximate surface area is 213 Å². The number of anilines is 1. The summed E-state index contributed by atoms with van der Waals surface area (Å²) in [5.41, 5.74) is 4.57. The summed E-state index contributed by atoms with van der Waals surface area (Å²) in [7, 11) is 1.61. The van der Waals surface area contributed by atoms with E-state index in [1.165, 1.54) is 4.90 Å². The zero-order valence-corrected chi connectivity index (χ0v) is 20.4. The van der Waals surface area contributed by atoms with E-state index in [-0.39, 0.29) is 12.5 Å². The highest BCUT2D eigenvalue weighted by Gasteiger charge is 2.53. The number of benzene rings is 3. The average molecular weight is 496 g/mol. The van der Waals surface area contributed by atoms with Crippen LogP contribution in [-0.2, 0) is 16.0 Å². The van der Waals surface area contributed by atoms with Crippen LogP contribution in [0.25, 0.3) is 10.9 Å². The van der Waals surface area contributed by atoms with Gasteiger partial charge in [0.05, 0.1) is 25.0 Å². The van der Waals surface area contributed by atoms with E-state index in [9.17, 15) is 14.4 Å². The lowest BCUT2D eigenvalue weighted by Gasteiger charge is -2.36. The summed E-state index contributed by atoms with van der Waals surface area (Å²) in [4.78, 5) is 46.1. The minimum Gasteiger partial charge on any atom is -0.497 e. The minimum absolute atomic E-state index is 0.266. The number of imide groups is 1. The van der Waals surface area contributed by atoms with E-state index < -0.39 is 24.1 Å². The predicted molar refractivity (Wildman–Crippen MR) is 138 cm³/mol. The predicted octanol–water partition coefficient (Wildman–Crippen LogP) is 4.84. The molecule has 0 radical (unpaired) electrons. The van der Waals surface area contributed by atoms with Crippen LogP contribution in [0.4, 0.5) is 10.5 Å². The summed E-state index contributed by atoms with van der Waals surface area (Å²) in [5, 5.41) is 1.05. The SMILES string of the molecule is CCOC(=O)c1ccc(N2C(=O)[C@@H]3Cc4c([nH]c5ccccc45)[C@@H](c4ccc(OC)cc4)N3C2=O)cc1. The van der Waals surface area contributed by atoms with Crippen molar-refractivity contribution in [1.82, 2.24) is 9.88 Å². The van der Waals surface area contributed by atoms with E-state index in [4.69, 9.17) is 9.47 Å². The first-order chi connectivity index (χ1) is 18.0. The van der Waals surface area contributed by atoms with Gasteiger partial charge in [-0.1, -0.05) is 30.3 Å². The topological polar surface area (TPSA) is 91.9 Å². The van der Waals surface area contributed by atoms with Crippen LogP contribution in [0.15, 0.2) is 72.8 Å². The number of hydrogen-bond donors (Lipinski definition) is 1. The third-order valence-corrected chi connectivity index (χ3v) is 7.12. The number of rotatable bonds is 5. The van der Waals surface area contributed by atoms with Gasteiger partial charge in [-0.2, -0.15) is 0 Å². The van der Waals surface area contributed by atoms with Gasteiger partial charge in [-0.15, -0.1) is 0 Å². The number of hydrogen-bond acceptors (Lipinski definition) is 5. The van der Waals surface area contributed by atoms with E-state index in [1.807, 2.05) is 48.5 Å². The molecule has 0 aliphatic carbocycles. The Morgan fingerprint density at radius 3 is 2.43 bits per heavy atom. The highest BCUT2D eigenvalue weighted by Crippen LogP contribution is 2.45. The van der Waals surface area contributed by atoms with E-state index >= 15 is 0 Å². The standard InChI is InChI=1S/C29H25N3O5/c1-3-37-28(34)18-8-12-19(13-9-18)31-27(33)24-16-22-21-6-4-5-7-23(21)30-25(22)26(32(24)29(31)35)17-10-14-20(36-2)15-11-17/h4-15,24,26,30H,3,16H2,1-2H3/t24-,26+/m0/s1. The zero-order chi connectivity index (χ0) is 25.7. The van der Waals surface area contributed by atoms with Gasteiger partial charge >= 0.3 is 12.0 Å². The Bertz CT molecular complexity index is 1520. The molecule has 3 aromatic carbocycles. The fourth-order valence-corrected chi connectivity index (χ4v) is 5.41. The molecule has 4 aromatic rings. The van der Waals surface area contributed by atoms with Crippen molar-refractivity contribution in [1.29, 1.82) is 0 Å². The quantitative estimate of drug-likeness (QED) is 0.316. The zero-order valence-electron chi connectivity index (χ0n) is 20.4. The van der Waals surface area contributed by atoms with Crippen molar-refractivity contribution in [2.75, 3.05) is 18.6 Å². The van der Waals surface area contributed by atoms with Crippen LogP contribution in [0.3, 0.4) is 0 Å². The summed E-state index contributed by atoms with van der Waals surface area (Å²) in [6.07, 6.45) is 0.411. The van der Waals surface area contributed by atoms with Crippen LogP contribution in [0, 0.1) is 0 Å². The van der Waals surface area contributed by atoms with Crippen molar-refractivity contribution < 1.29 is 23.9 Å². The van der Waals surface area contributed by atoms with Gasteiger partial charge in [0.2, 0.25) is 0 Å². The number of aromatic amines is 1. The largest absolute Gasteiger partial charge is 0.497 e. The molecule has 8 heteroatoms. The van der Waals surface area contributed by atoms with Crippen LogP contribution < -0.4 is 9.64 Å². The van der Waals surface area contributed by atoms with E-state index in [0.29, 0.717) is 23.4 Å². The maximum atomic E-state index is 13.9. The third kappa shape index (κ3) is 3.56. The molecule has 1 N–H and O–H groups in total. The first-order valence-corrected chi connectivity index (χ1v) is 12.2. The molecule has 0 saturated carbocycles. The Kier molecular flexibility index (Phi) is 5.44. The van der Waals surface area contributed by atoms with Crippen molar-refractivity contribution in [2.24, 2.45) is 0 Å². The van der Waals surface area contributed by atoms with Crippen molar-refractivity contribution in [3.63, 3.8) is 0 Å². The second-order valence-corrected chi connectivity index (χ2v) is 9.09. The molecule has 37 heavy (non-hydrogen) atoms. The number of para-hydroxylation sites is 1. The lowest BCUT2D eigenvalue weighted by molar-refractivity contribution is -0.120. The number of amides is 3. The molecule has 2 aliphatic rings.